The van der Waals surface area contributed by atoms with Crippen molar-refractivity contribution in [2.24, 2.45) is 11.7 Å². The Morgan fingerprint density at radius 2 is 1.64 bits per heavy atom. The molecule has 1 saturated carbocycles. The molecule has 2 N–H and O–H groups in total. The summed E-state index contributed by atoms with van der Waals surface area (Å²) in [5.41, 5.74) is 5.51. The van der Waals surface area contributed by atoms with Gasteiger partial charge in [0.05, 0.1) is 0 Å². The van der Waals surface area contributed by atoms with Crippen LogP contribution in [0, 0.1) is 5.92 Å². The third-order valence-corrected chi connectivity index (χ3v) is 2.84. The number of nitrogens with two attached hydrogens (primary N) is 1. The van der Waals surface area contributed by atoms with Gasteiger partial charge in [-0.3, -0.25) is 0 Å². The van der Waals surface area contributed by atoms with E-state index in [9.17, 15) is 8.78 Å². The third kappa shape index (κ3) is 2.87. The maximum Gasteiger partial charge on any atom is 0.191 e. The van der Waals surface area contributed by atoms with Crippen LogP contribution in [0.5, 0.6) is 0 Å². The molecule has 5 heteroatoms. The smallest absolute Gasteiger partial charge is 0.191 e. The van der Waals surface area contributed by atoms with Crippen LogP contribution in [0.2, 0.25) is 0 Å². The number of alkyl halides is 2. The van der Waals surface area contributed by atoms with E-state index in [1.807, 2.05) is 0 Å². The molecule has 0 aromatic rings. The Bertz CT molecular complexity index is 153. The molecule has 0 spiro atoms. The van der Waals surface area contributed by atoms with Gasteiger partial charge in [-0.1, -0.05) is 0 Å². The van der Waals surface area contributed by atoms with Gasteiger partial charge in [0.25, 0.3) is 0 Å². The highest BCUT2D eigenvalue weighted by molar-refractivity contribution is 4.80. The molecule has 84 valence electrons. The maximum absolute atomic E-state index is 12.1. The predicted molar refractivity (Wildman–Crippen MR) is 47.9 cm³/mol. The van der Waals surface area contributed by atoms with Crippen LogP contribution in [0.4, 0.5) is 8.78 Å². The molecular formula is C9H17F2NO2. The Hall–Kier alpha value is -0.260. The second-order valence-electron chi connectivity index (χ2n) is 3.60. The molecule has 0 aromatic heterocycles. The molecule has 0 aromatic carbocycles. The van der Waals surface area contributed by atoms with Crippen molar-refractivity contribution in [3.63, 3.8) is 0 Å². The summed E-state index contributed by atoms with van der Waals surface area (Å²) >= 11 is 0. The van der Waals surface area contributed by atoms with Crippen molar-refractivity contribution >= 4 is 0 Å². The summed E-state index contributed by atoms with van der Waals surface area (Å²) in [5, 5.41) is 0. The van der Waals surface area contributed by atoms with Gasteiger partial charge in [0.1, 0.15) is 0 Å². The van der Waals surface area contributed by atoms with Gasteiger partial charge in [0, 0.05) is 12.8 Å². The zero-order valence-corrected chi connectivity index (χ0v) is 8.18. The summed E-state index contributed by atoms with van der Waals surface area (Å²) < 4.78 is 33.8. The number of hydrogen-bond donors (Lipinski definition) is 1. The van der Waals surface area contributed by atoms with Gasteiger partial charge in [0.15, 0.2) is 19.5 Å². The van der Waals surface area contributed by atoms with Crippen molar-refractivity contribution in [3.05, 3.63) is 0 Å². The average molecular weight is 209 g/mol. The first kappa shape index (κ1) is 11.8. The summed E-state index contributed by atoms with van der Waals surface area (Å²) in [5.74, 6) is -0.621. The van der Waals surface area contributed by atoms with E-state index in [-0.39, 0.29) is 0 Å². The molecular weight excluding hydrogens is 192 g/mol. The second kappa shape index (κ2) is 5.58. The van der Waals surface area contributed by atoms with Crippen LogP contribution >= 0.6 is 0 Å². The molecule has 14 heavy (non-hydrogen) atoms. The van der Waals surface area contributed by atoms with Crippen LogP contribution in [0.1, 0.15) is 25.7 Å². The summed E-state index contributed by atoms with van der Waals surface area (Å²) in [6, 6.07) is 0. The largest absolute Gasteiger partial charge is 0.330 e. The van der Waals surface area contributed by atoms with E-state index in [0.717, 1.165) is 12.8 Å². The quantitative estimate of drug-likeness (QED) is 0.701. The number of hydrogen-bond acceptors (Lipinski definition) is 3. The Balaban J connectivity index is 2.45. The molecule has 1 aliphatic carbocycles. The van der Waals surface area contributed by atoms with Crippen molar-refractivity contribution < 1.29 is 18.3 Å². The lowest BCUT2D eigenvalue weighted by Crippen LogP contribution is -2.41. The Morgan fingerprint density at radius 1 is 1.14 bits per heavy atom. The predicted octanol–water partition coefficient (Wildman–Crippen LogP) is 1.72. The highest BCUT2D eigenvalue weighted by Gasteiger charge is 2.37. The molecule has 0 heterocycles. The van der Waals surface area contributed by atoms with E-state index in [2.05, 4.69) is 0 Å². The fourth-order valence-corrected chi connectivity index (χ4v) is 1.88. The molecule has 0 amide bonds. The lowest BCUT2D eigenvalue weighted by Gasteiger charge is -2.37. The topological polar surface area (TPSA) is 44.5 Å². The number of rotatable bonds is 5. The van der Waals surface area contributed by atoms with Crippen LogP contribution in [0.25, 0.3) is 0 Å². The van der Waals surface area contributed by atoms with Crippen molar-refractivity contribution in [2.75, 3.05) is 20.3 Å². The molecule has 0 unspecified atom stereocenters. The van der Waals surface area contributed by atoms with Crippen molar-refractivity contribution in [1.29, 1.82) is 0 Å². The molecule has 0 aliphatic heterocycles. The SMILES string of the molecule is NCC1CCC(OCF)(OCF)CC1. The molecule has 3 nitrogen and oxygen atoms in total. The molecule has 0 atom stereocenters. The molecule has 0 bridgehead atoms. The standard InChI is InChI=1S/C9H17F2NO2/c10-6-13-9(14-7-11)3-1-8(5-12)2-4-9/h8H,1-7,12H2. The first-order valence-corrected chi connectivity index (χ1v) is 4.86. The van der Waals surface area contributed by atoms with Crippen molar-refractivity contribution in [2.45, 2.75) is 31.5 Å². The monoisotopic (exact) mass is 209 g/mol. The molecule has 1 fully saturated rings. The first-order chi connectivity index (χ1) is 6.76. The van der Waals surface area contributed by atoms with Crippen molar-refractivity contribution in [3.8, 4) is 0 Å². The van der Waals surface area contributed by atoms with E-state index in [1.54, 1.807) is 0 Å². The van der Waals surface area contributed by atoms with E-state index < -0.39 is 19.5 Å². The number of ether oxygens (including phenoxy) is 2. The van der Waals surface area contributed by atoms with Gasteiger partial charge >= 0.3 is 0 Å². The van der Waals surface area contributed by atoms with Gasteiger partial charge < -0.3 is 15.2 Å². The van der Waals surface area contributed by atoms with Gasteiger partial charge in [-0.15, -0.1) is 0 Å². The van der Waals surface area contributed by atoms with E-state index >= 15 is 0 Å². The maximum atomic E-state index is 12.1. The van der Waals surface area contributed by atoms with Crippen LogP contribution in [0.15, 0.2) is 0 Å². The first-order valence-electron chi connectivity index (χ1n) is 4.86. The average Bonchev–Trinajstić information content (AvgIpc) is 2.20. The minimum Gasteiger partial charge on any atom is -0.330 e. The van der Waals surface area contributed by atoms with E-state index in [4.69, 9.17) is 15.2 Å². The zero-order chi connectivity index (χ0) is 10.4. The third-order valence-electron chi connectivity index (χ3n) is 2.84. The van der Waals surface area contributed by atoms with Crippen LogP contribution in [0.3, 0.4) is 0 Å². The Labute approximate surface area is 82.6 Å². The van der Waals surface area contributed by atoms with E-state index in [0.29, 0.717) is 25.3 Å². The highest BCUT2D eigenvalue weighted by atomic mass is 19.1. The lowest BCUT2D eigenvalue weighted by molar-refractivity contribution is -0.282. The zero-order valence-electron chi connectivity index (χ0n) is 8.18. The summed E-state index contributed by atoms with van der Waals surface area (Å²) in [6.07, 6.45) is 2.64. The summed E-state index contributed by atoms with van der Waals surface area (Å²) in [7, 11) is 0. The number of halogens is 2. The minimum atomic E-state index is -1.05. The lowest BCUT2D eigenvalue weighted by atomic mass is 9.85. The Kier molecular flexibility index (Phi) is 4.71. The van der Waals surface area contributed by atoms with Gasteiger partial charge in [-0.2, -0.15) is 0 Å². The van der Waals surface area contributed by atoms with Crippen molar-refractivity contribution in [1.82, 2.24) is 0 Å². The molecule has 1 aliphatic rings. The fraction of sp³-hybridized carbons (Fsp3) is 1.00. The normalized spacial score (nSPS) is 22.5. The van der Waals surface area contributed by atoms with Crippen LogP contribution < -0.4 is 5.73 Å². The van der Waals surface area contributed by atoms with Crippen LogP contribution in [-0.2, 0) is 9.47 Å². The highest BCUT2D eigenvalue weighted by Crippen LogP contribution is 2.35. The fourth-order valence-electron chi connectivity index (χ4n) is 1.88. The van der Waals surface area contributed by atoms with Gasteiger partial charge in [0.2, 0.25) is 0 Å². The summed E-state index contributed by atoms with van der Waals surface area (Å²) in [6.45, 7) is -1.26. The second-order valence-corrected chi connectivity index (χ2v) is 3.60. The van der Waals surface area contributed by atoms with Gasteiger partial charge in [-0.25, -0.2) is 8.78 Å². The van der Waals surface area contributed by atoms with Gasteiger partial charge in [-0.05, 0) is 25.3 Å². The van der Waals surface area contributed by atoms with E-state index in [1.165, 1.54) is 0 Å². The summed E-state index contributed by atoms with van der Waals surface area (Å²) in [4.78, 5) is 0. The molecule has 0 saturated heterocycles. The molecule has 0 radical (unpaired) electrons. The Morgan fingerprint density at radius 3 is 2.00 bits per heavy atom. The van der Waals surface area contributed by atoms with Crippen LogP contribution in [-0.4, -0.2) is 26.1 Å². The minimum absolute atomic E-state index is 0.426. The molecule has 1 rings (SSSR count).